The Hall–Kier alpha value is -2.00. The molecule has 0 spiro atoms. The monoisotopic (exact) mass is 304 g/mol. The van der Waals surface area contributed by atoms with Crippen LogP contribution < -0.4 is 4.74 Å². The zero-order valence-corrected chi connectivity index (χ0v) is 12.3. The molecule has 2 aromatic carbocycles. The highest BCUT2D eigenvalue weighted by Crippen LogP contribution is 2.21. The molecule has 0 amide bonds. The average Bonchev–Trinajstić information content (AvgIpc) is 2.52. The Bertz CT molecular complexity index is 610. The van der Waals surface area contributed by atoms with Gasteiger partial charge in [-0.25, -0.2) is 0 Å². The molecule has 2 aromatic rings. The molecular formula is C17H17ClO3. The maximum atomic E-state index is 10.7. The molecule has 2 rings (SSSR count). The maximum absolute atomic E-state index is 10.7. The number of ether oxygens (including phenoxy) is 1. The van der Waals surface area contributed by atoms with E-state index < -0.39 is 5.97 Å². The first-order valence-electron chi connectivity index (χ1n) is 6.75. The van der Waals surface area contributed by atoms with Gasteiger partial charge in [-0.05, 0) is 29.2 Å². The summed E-state index contributed by atoms with van der Waals surface area (Å²) in [5, 5.41) is 8.78. The van der Waals surface area contributed by atoms with Gasteiger partial charge in [0.05, 0.1) is 0 Å². The molecule has 0 aliphatic carbocycles. The first-order valence-corrected chi connectivity index (χ1v) is 7.29. The number of alkyl halides is 1. The van der Waals surface area contributed by atoms with Gasteiger partial charge >= 0.3 is 5.97 Å². The predicted molar refractivity (Wildman–Crippen MR) is 82.7 cm³/mol. The van der Waals surface area contributed by atoms with E-state index in [-0.39, 0.29) is 6.42 Å². The number of benzene rings is 2. The molecule has 0 heterocycles. The number of rotatable bonds is 7. The Morgan fingerprint density at radius 2 is 1.86 bits per heavy atom. The molecule has 0 aliphatic heterocycles. The van der Waals surface area contributed by atoms with Crippen LogP contribution in [0.25, 0.3) is 0 Å². The molecule has 0 radical (unpaired) electrons. The van der Waals surface area contributed by atoms with Crippen LogP contribution in [-0.2, 0) is 23.7 Å². The van der Waals surface area contributed by atoms with Crippen molar-refractivity contribution < 1.29 is 14.6 Å². The minimum Gasteiger partial charge on any atom is -0.489 e. The number of aryl methyl sites for hydroxylation is 1. The molecule has 0 bridgehead atoms. The lowest BCUT2D eigenvalue weighted by Gasteiger charge is -2.11. The summed E-state index contributed by atoms with van der Waals surface area (Å²) in [4.78, 5) is 10.7. The number of halogens is 1. The molecule has 0 unspecified atom stereocenters. The van der Waals surface area contributed by atoms with Crippen LogP contribution in [-0.4, -0.2) is 11.1 Å². The van der Waals surface area contributed by atoms with Crippen molar-refractivity contribution in [2.24, 2.45) is 0 Å². The van der Waals surface area contributed by atoms with Crippen LogP contribution in [0.1, 0.15) is 23.1 Å². The molecule has 3 nitrogen and oxygen atoms in total. The first kappa shape index (κ1) is 15.4. The summed E-state index contributed by atoms with van der Waals surface area (Å²) < 4.78 is 5.82. The van der Waals surface area contributed by atoms with Crippen LogP contribution in [0.2, 0.25) is 0 Å². The van der Waals surface area contributed by atoms with Crippen LogP contribution in [0.3, 0.4) is 0 Å². The first-order chi connectivity index (χ1) is 10.2. The van der Waals surface area contributed by atoms with Gasteiger partial charge in [-0.2, -0.15) is 0 Å². The van der Waals surface area contributed by atoms with E-state index in [9.17, 15) is 4.79 Å². The fourth-order valence-corrected chi connectivity index (χ4v) is 2.22. The van der Waals surface area contributed by atoms with Crippen molar-refractivity contribution in [2.45, 2.75) is 25.3 Å². The maximum Gasteiger partial charge on any atom is 0.303 e. The largest absolute Gasteiger partial charge is 0.489 e. The van der Waals surface area contributed by atoms with Gasteiger partial charge < -0.3 is 9.84 Å². The van der Waals surface area contributed by atoms with Gasteiger partial charge in [0.2, 0.25) is 0 Å². The second-order valence-corrected chi connectivity index (χ2v) is 5.01. The third-order valence-electron chi connectivity index (χ3n) is 3.12. The van der Waals surface area contributed by atoms with E-state index in [1.165, 1.54) is 0 Å². The second-order valence-electron chi connectivity index (χ2n) is 4.74. The van der Waals surface area contributed by atoms with Gasteiger partial charge in [-0.1, -0.05) is 42.5 Å². The van der Waals surface area contributed by atoms with Crippen LogP contribution in [0.15, 0.2) is 48.5 Å². The molecule has 4 heteroatoms. The Morgan fingerprint density at radius 1 is 1.10 bits per heavy atom. The van der Waals surface area contributed by atoms with Gasteiger partial charge in [-0.15, -0.1) is 11.6 Å². The molecule has 110 valence electrons. The topological polar surface area (TPSA) is 46.5 Å². The predicted octanol–water partition coefficient (Wildman–Crippen LogP) is 4.02. The van der Waals surface area contributed by atoms with Gasteiger partial charge in [0.25, 0.3) is 0 Å². The van der Waals surface area contributed by atoms with E-state index in [0.717, 1.165) is 22.4 Å². The van der Waals surface area contributed by atoms with Crippen LogP contribution in [0, 0.1) is 0 Å². The van der Waals surface area contributed by atoms with E-state index in [2.05, 4.69) is 0 Å². The second kappa shape index (κ2) is 7.70. The highest BCUT2D eigenvalue weighted by molar-refractivity contribution is 6.17. The molecular weight excluding hydrogens is 288 g/mol. The van der Waals surface area contributed by atoms with E-state index in [0.29, 0.717) is 18.9 Å². The van der Waals surface area contributed by atoms with E-state index in [1.807, 2.05) is 48.5 Å². The number of hydrogen-bond acceptors (Lipinski definition) is 2. The fourth-order valence-electron chi connectivity index (χ4n) is 2.06. The summed E-state index contributed by atoms with van der Waals surface area (Å²) in [6.45, 7) is 0.439. The van der Waals surface area contributed by atoms with E-state index in [4.69, 9.17) is 21.4 Å². The summed E-state index contributed by atoms with van der Waals surface area (Å²) >= 11 is 5.82. The number of carboxylic acid groups (broad SMARTS) is 1. The highest BCUT2D eigenvalue weighted by atomic mass is 35.5. The number of hydrogen-bond donors (Lipinski definition) is 1. The number of carbonyl (C=O) groups is 1. The van der Waals surface area contributed by atoms with Gasteiger partial charge in [-0.3, -0.25) is 4.79 Å². The van der Waals surface area contributed by atoms with Gasteiger partial charge in [0, 0.05) is 12.3 Å². The summed E-state index contributed by atoms with van der Waals surface area (Å²) in [6, 6.07) is 15.4. The third-order valence-corrected chi connectivity index (χ3v) is 3.43. The fraction of sp³-hybridized carbons (Fsp3) is 0.235. The zero-order chi connectivity index (χ0) is 15.1. The Labute approximate surface area is 129 Å². The van der Waals surface area contributed by atoms with Crippen molar-refractivity contribution in [1.29, 1.82) is 0 Å². The number of carboxylic acids is 1. The van der Waals surface area contributed by atoms with Crippen molar-refractivity contribution in [1.82, 2.24) is 0 Å². The quantitative estimate of drug-likeness (QED) is 0.786. The van der Waals surface area contributed by atoms with Crippen molar-refractivity contribution in [3.63, 3.8) is 0 Å². The number of para-hydroxylation sites is 1. The minimum atomic E-state index is -0.806. The molecule has 1 N–H and O–H groups in total. The number of aliphatic carboxylic acids is 1. The summed E-state index contributed by atoms with van der Waals surface area (Å²) in [6.07, 6.45) is 0.565. The summed E-state index contributed by atoms with van der Waals surface area (Å²) in [7, 11) is 0. The Kier molecular flexibility index (Phi) is 5.64. The lowest BCUT2D eigenvalue weighted by Crippen LogP contribution is -2.02. The SMILES string of the molecule is O=C(O)CCc1ccccc1OCc1cccc(CCl)c1. The van der Waals surface area contributed by atoms with E-state index in [1.54, 1.807) is 0 Å². The van der Waals surface area contributed by atoms with Gasteiger partial charge in [0.1, 0.15) is 12.4 Å². The lowest BCUT2D eigenvalue weighted by atomic mass is 10.1. The molecule has 0 saturated heterocycles. The lowest BCUT2D eigenvalue weighted by molar-refractivity contribution is -0.136. The summed E-state index contributed by atoms with van der Waals surface area (Å²) in [5.74, 6) is 0.401. The van der Waals surface area contributed by atoms with Crippen LogP contribution in [0.4, 0.5) is 0 Å². The Morgan fingerprint density at radius 3 is 2.62 bits per heavy atom. The van der Waals surface area contributed by atoms with E-state index >= 15 is 0 Å². The standard InChI is InChI=1S/C17H17ClO3/c18-11-13-4-3-5-14(10-13)12-21-16-7-2-1-6-15(16)8-9-17(19)20/h1-7,10H,8-9,11-12H2,(H,19,20). The molecule has 21 heavy (non-hydrogen) atoms. The summed E-state index contributed by atoms with van der Waals surface area (Å²) in [5.41, 5.74) is 3.01. The third kappa shape index (κ3) is 4.80. The molecule has 0 aromatic heterocycles. The van der Waals surface area contributed by atoms with Crippen molar-refractivity contribution in [3.8, 4) is 5.75 Å². The van der Waals surface area contributed by atoms with Crippen molar-refractivity contribution >= 4 is 17.6 Å². The average molecular weight is 305 g/mol. The minimum absolute atomic E-state index is 0.0993. The molecule has 0 atom stereocenters. The van der Waals surface area contributed by atoms with Gasteiger partial charge in [0.15, 0.2) is 0 Å². The molecule has 0 aliphatic rings. The molecule has 0 fully saturated rings. The Balaban J connectivity index is 2.03. The van der Waals surface area contributed by atoms with Crippen LogP contribution in [0.5, 0.6) is 5.75 Å². The zero-order valence-electron chi connectivity index (χ0n) is 11.6. The smallest absolute Gasteiger partial charge is 0.303 e. The normalized spacial score (nSPS) is 10.3. The highest BCUT2D eigenvalue weighted by Gasteiger charge is 2.06. The molecule has 0 saturated carbocycles. The van der Waals surface area contributed by atoms with Crippen molar-refractivity contribution in [3.05, 3.63) is 65.2 Å². The van der Waals surface area contributed by atoms with Crippen LogP contribution >= 0.6 is 11.6 Å². The van der Waals surface area contributed by atoms with Crippen molar-refractivity contribution in [2.75, 3.05) is 0 Å².